The van der Waals surface area contributed by atoms with Gasteiger partial charge in [0.15, 0.2) is 23.1 Å². The Balaban J connectivity index is 1.13. The SMILES string of the molecule is CC1(C)c2cc(C=C3C(=O)c4ccccc4C3=O)sc2-c2sc3c(c21)C(C)(C)c1cc(C=C2C(=O)c4ccccc4C2=O)sc1-3. The smallest absolute Gasteiger partial charge is 0.197 e. The van der Waals surface area contributed by atoms with Crippen LogP contribution in [-0.4, -0.2) is 23.1 Å². The summed E-state index contributed by atoms with van der Waals surface area (Å²) in [6, 6.07) is 18.4. The lowest BCUT2D eigenvalue weighted by molar-refractivity contribution is 0.0975. The van der Waals surface area contributed by atoms with Gasteiger partial charge in [-0.3, -0.25) is 19.2 Å². The number of thiophene rings is 3. The summed E-state index contributed by atoms with van der Waals surface area (Å²) in [7, 11) is 0. The molecule has 0 atom stereocenters. The van der Waals surface area contributed by atoms with E-state index in [1.54, 1.807) is 94.7 Å². The van der Waals surface area contributed by atoms with E-state index < -0.39 is 0 Å². The predicted molar refractivity (Wildman–Crippen MR) is 181 cm³/mol. The number of rotatable bonds is 2. The summed E-state index contributed by atoms with van der Waals surface area (Å²) in [5.41, 5.74) is 7.04. The van der Waals surface area contributed by atoms with E-state index in [-0.39, 0.29) is 45.1 Å². The molecular formula is C38H24O4S3. The van der Waals surface area contributed by atoms with Gasteiger partial charge in [-0.25, -0.2) is 0 Å². The monoisotopic (exact) mass is 640 g/mol. The maximum Gasteiger partial charge on any atom is 0.197 e. The van der Waals surface area contributed by atoms with Crippen molar-refractivity contribution in [3.63, 3.8) is 0 Å². The number of fused-ring (bicyclic) bond motifs is 9. The van der Waals surface area contributed by atoms with Crippen molar-refractivity contribution in [2.24, 2.45) is 0 Å². The summed E-state index contributed by atoms with van der Waals surface area (Å²) in [5.74, 6) is -0.827. The molecule has 4 aliphatic rings. The second kappa shape index (κ2) is 8.69. The molecule has 3 heterocycles. The molecule has 0 fully saturated rings. The molecule has 0 saturated carbocycles. The molecule has 0 amide bonds. The third-order valence-corrected chi connectivity index (χ3v) is 13.5. The zero-order valence-electron chi connectivity index (χ0n) is 24.8. The van der Waals surface area contributed by atoms with Crippen LogP contribution in [0.1, 0.15) is 101 Å². The van der Waals surface area contributed by atoms with Gasteiger partial charge in [-0.05, 0) is 46.5 Å². The van der Waals surface area contributed by atoms with Crippen LogP contribution in [0.5, 0.6) is 0 Å². The lowest BCUT2D eigenvalue weighted by Crippen LogP contribution is -2.23. The van der Waals surface area contributed by atoms with Crippen molar-refractivity contribution in [3.8, 4) is 19.5 Å². The fraction of sp³-hybridized carbons (Fsp3) is 0.158. The zero-order chi connectivity index (χ0) is 31.2. The quantitative estimate of drug-likeness (QED) is 0.142. The number of hydrogen-bond acceptors (Lipinski definition) is 7. The molecule has 0 aliphatic heterocycles. The minimum Gasteiger partial charge on any atom is -0.288 e. The Morgan fingerprint density at radius 1 is 0.489 bits per heavy atom. The normalized spacial score (nSPS) is 17.8. The highest BCUT2D eigenvalue weighted by Crippen LogP contribution is 2.66. The Morgan fingerprint density at radius 3 is 1.16 bits per heavy atom. The lowest BCUT2D eigenvalue weighted by atomic mass is 9.74. The first-order valence-electron chi connectivity index (χ1n) is 14.8. The molecule has 2 aromatic carbocycles. The topological polar surface area (TPSA) is 68.3 Å². The second-order valence-corrected chi connectivity index (χ2v) is 16.3. The molecule has 3 aromatic heterocycles. The van der Waals surface area contributed by atoms with E-state index in [1.807, 2.05) is 0 Å². The van der Waals surface area contributed by atoms with E-state index in [0.717, 1.165) is 9.75 Å². The molecular weight excluding hydrogens is 617 g/mol. The van der Waals surface area contributed by atoms with Gasteiger partial charge in [0.2, 0.25) is 0 Å². The van der Waals surface area contributed by atoms with Crippen molar-refractivity contribution >= 4 is 69.3 Å². The molecule has 5 aromatic rings. The predicted octanol–water partition coefficient (Wildman–Crippen LogP) is 9.41. The Kier molecular flexibility index (Phi) is 5.23. The van der Waals surface area contributed by atoms with Crippen molar-refractivity contribution < 1.29 is 19.2 Å². The highest BCUT2D eigenvalue weighted by atomic mass is 32.1. The molecule has 0 spiro atoms. The Hall–Kier alpha value is -4.30. The van der Waals surface area contributed by atoms with Gasteiger partial charge >= 0.3 is 0 Å². The molecule has 7 heteroatoms. The van der Waals surface area contributed by atoms with Gasteiger partial charge in [0.05, 0.1) is 11.1 Å². The summed E-state index contributed by atoms with van der Waals surface area (Å²) < 4.78 is 0. The first-order chi connectivity index (χ1) is 21.5. The summed E-state index contributed by atoms with van der Waals surface area (Å²) in [6.07, 6.45) is 3.55. The summed E-state index contributed by atoms with van der Waals surface area (Å²) >= 11 is 5.10. The van der Waals surface area contributed by atoms with Gasteiger partial charge in [0.25, 0.3) is 0 Å². The minimum absolute atomic E-state index is 0.207. The molecule has 0 bridgehead atoms. The number of benzene rings is 2. The molecule has 45 heavy (non-hydrogen) atoms. The third kappa shape index (κ3) is 3.35. The standard InChI is InChI=1S/C38H24O4S3/c1-37(2)25-15-17(13-23-29(39)19-9-5-6-10-20(19)30(23)40)43-33(25)35-27(37)28-36(45-35)34-26(38(28,3)4)16-18(44-34)14-24-31(41)21-11-7-8-12-22(21)32(24)42/h5-16H,1-4H3. The molecule has 9 rings (SSSR count). The highest BCUT2D eigenvalue weighted by Gasteiger charge is 2.50. The molecule has 4 nitrogen and oxygen atoms in total. The summed E-state index contributed by atoms with van der Waals surface area (Å²) in [5, 5.41) is 0. The number of ketones is 4. The van der Waals surface area contributed by atoms with E-state index in [2.05, 4.69) is 39.8 Å². The Bertz CT molecular complexity index is 2110. The van der Waals surface area contributed by atoms with Crippen LogP contribution in [0.4, 0.5) is 0 Å². The van der Waals surface area contributed by atoms with Gasteiger partial charge < -0.3 is 0 Å². The molecule has 0 N–H and O–H groups in total. The van der Waals surface area contributed by atoms with Gasteiger partial charge in [-0.1, -0.05) is 76.2 Å². The summed E-state index contributed by atoms with van der Waals surface area (Å²) in [6.45, 7) is 9.07. The number of carbonyl (C=O) groups excluding carboxylic acids is 4. The number of carbonyl (C=O) groups is 4. The van der Waals surface area contributed by atoms with E-state index in [0.29, 0.717) is 22.3 Å². The van der Waals surface area contributed by atoms with Crippen molar-refractivity contribution in [3.05, 3.63) is 126 Å². The van der Waals surface area contributed by atoms with Gasteiger partial charge in [0.1, 0.15) is 0 Å². The van der Waals surface area contributed by atoms with Crippen LogP contribution in [0.15, 0.2) is 71.8 Å². The molecule has 218 valence electrons. The van der Waals surface area contributed by atoms with Crippen molar-refractivity contribution in [2.75, 3.05) is 0 Å². The van der Waals surface area contributed by atoms with Crippen LogP contribution in [0.25, 0.3) is 31.7 Å². The Morgan fingerprint density at radius 2 is 0.822 bits per heavy atom. The van der Waals surface area contributed by atoms with E-state index in [4.69, 9.17) is 0 Å². The molecule has 0 saturated heterocycles. The van der Waals surface area contributed by atoms with E-state index in [9.17, 15) is 19.2 Å². The number of Topliss-reactive ketones (excluding diaryl/α,β-unsaturated/α-hetero) is 4. The maximum atomic E-state index is 13.1. The van der Waals surface area contributed by atoms with Gasteiger partial charge in [-0.2, -0.15) is 0 Å². The number of allylic oxidation sites excluding steroid dienone is 2. The van der Waals surface area contributed by atoms with Crippen LogP contribution < -0.4 is 0 Å². The van der Waals surface area contributed by atoms with Crippen LogP contribution in [0, 0.1) is 0 Å². The van der Waals surface area contributed by atoms with Crippen LogP contribution >= 0.6 is 34.0 Å². The van der Waals surface area contributed by atoms with Crippen LogP contribution in [0.2, 0.25) is 0 Å². The summed E-state index contributed by atoms with van der Waals surface area (Å²) in [4.78, 5) is 59.0. The van der Waals surface area contributed by atoms with Crippen LogP contribution in [0.3, 0.4) is 0 Å². The Labute approximate surface area is 271 Å². The molecule has 0 unspecified atom stereocenters. The number of hydrogen-bond donors (Lipinski definition) is 0. The average Bonchev–Trinajstić information content (AvgIpc) is 3.86. The van der Waals surface area contributed by atoms with Crippen LogP contribution in [-0.2, 0) is 10.8 Å². The first kappa shape index (κ1) is 27.0. The van der Waals surface area contributed by atoms with E-state index >= 15 is 0 Å². The van der Waals surface area contributed by atoms with Crippen molar-refractivity contribution in [1.29, 1.82) is 0 Å². The first-order valence-corrected chi connectivity index (χ1v) is 17.2. The van der Waals surface area contributed by atoms with Gasteiger partial charge in [-0.15, -0.1) is 34.0 Å². The lowest BCUT2D eigenvalue weighted by Gasteiger charge is -2.28. The van der Waals surface area contributed by atoms with E-state index in [1.165, 1.54) is 41.8 Å². The fourth-order valence-corrected chi connectivity index (χ4v) is 12.0. The molecule has 0 radical (unpaired) electrons. The van der Waals surface area contributed by atoms with Crippen molar-refractivity contribution in [2.45, 2.75) is 38.5 Å². The third-order valence-electron chi connectivity index (χ3n) is 9.80. The second-order valence-electron chi connectivity index (χ2n) is 13.1. The largest absolute Gasteiger partial charge is 0.288 e. The fourth-order valence-electron chi connectivity index (χ4n) is 7.53. The van der Waals surface area contributed by atoms with Gasteiger partial charge in [0, 0.05) is 62.3 Å². The zero-order valence-corrected chi connectivity index (χ0v) is 27.2. The highest BCUT2D eigenvalue weighted by molar-refractivity contribution is 7.27. The van der Waals surface area contributed by atoms with Crippen molar-refractivity contribution in [1.82, 2.24) is 0 Å². The molecule has 4 aliphatic carbocycles. The minimum atomic E-state index is -0.251. The average molecular weight is 641 g/mol. The maximum absolute atomic E-state index is 13.1.